The van der Waals surface area contributed by atoms with Crippen LogP contribution in [0.3, 0.4) is 0 Å². The van der Waals surface area contributed by atoms with Crippen molar-refractivity contribution < 1.29 is 18.7 Å². The Hall–Kier alpha value is -2.61. The van der Waals surface area contributed by atoms with Crippen LogP contribution in [0.15, 0.2) is 28.7 Å². The first kappa shape index (κ1) is 15.3. The van der Waals surface area contributed by atoms with Gasteiger partial charge in [-0.25, -0.2) is 4.79 Å². The highest BCUT2D eigenvalue weighted by Gasteiger charge is 2.17. The van der Waals surface area contributed by atoms with Crippen molar-refractivity contribution in [3.8, 4) is 17.2 Å². The normalized spacial score (nSPS) is 14.6. The molecule has 0 aliphatic carbocycles. The summed E-state index contributed by atoms with van der Waals surface area (Å²) in [4.78, 5) is 13.7. The zero-order chi connectivity index (χ0) is 16.1. The van der Waals surface area contributed by atoms with Gasteiger partial charge in [-0.3, -0.25) is 0 Å². The largest absolute Gasteiger partial charge is 0.497 e. The number of rotatable bonds is 4. The SMILES string of the molecule is COc1ccc(-c2nnc(CNC(=O)N3CCOCC3)o2)cc1. The van der Waals surface area contributed by atoms with Crippen molar-refractivity contribution in [3.05, 3.63) is 30.2 Å². The molecule has 0 bridgehead atoms. The minimum Gasteiger partial charge on any atom is -0.497 e. The third-order valence-electron chi connectivity index (χ3n) is 3.49. The van der Waals surface area contributed by atoms with Crippen LogP contribution >= 0.6 is 0 Å². The number of nitrogens with one attached hydrogen (secondary N) is 1. The Balaban J connectivity index is 1.57. The first-order chi connectivity index (χ1) is 11.3. The Labute approximate surface area is 133 Å². The zero-order valence-electron chi connectivity index (χ0n) is 12.8. The summed E-state index contributed by atoms with van der Waals surface area (Å²) < 4.78 is 15.9. The summed E-state index contributed by atoms with van der Waals surface area (Å²) in [6.07, 6.45) is 0. The van der Waals surface area contributed by atoms with Crippen molar-refractivity contribution >= 4 is 6.03 Å². The van der Waals surface area contributed by atoms with Gasteiger partial charge in [0.1, 0.15) is 5.75 Å². The summed E-state index contributed by atoms with van der Waals surface area (Å²) >= 11 is 0. The molecule has 1 N–H and O–H groups in total. The number of hydrogen-bond acceptors (Lipinski definition) is 6. The lowest BCUT2D eigenvalue weighted by Gasteiger charge is -2.26. The van der Waals surface area contributed by atoms with Gasteiger partial charge in [0.2, 0.25) is 11.8 Å². The van der Waals surface area contributed by atoms with Crippen molar-refractivity contribution in [1.29, 1.82) is 0 Å². The van der Waals surface area contributed by atoms with Gasteiger partial charge in [-0.1, -0.05) is 0 Å². The Morgan fingerprint density at radius 1 is 1.26 bits per heavy atom. The van der Waals surface area contributed by atoms with Gasteiger partial charge in [0.15, 0.2) is 0 Å². The fourth-order valence-electron chi connectivity index (χ4n) is 2.20. The summed E-state index contributed by atoms with van der Waals surface area (Å²) in [5.41, 5.74) is 0.795. The van der Waals surface area contributed by atoms with Crippen LogP contribution in [0.1, 0.15) is 5.89 Å². The average molecular weight is 318 g/mol. The summed E-state index contributed by atoms with van der Waals surface area (Å²) in [5, 5.41) is 10.7. The maximum atomic E-state index is 12.0. The lowest BCUT2D eigenvalue weighted by molar-refractivity contribution is 0.0530. The summed E-state index contributed by atoms with van der Waals surface area (Å²) in [6.45, 7) is 2.50. The number of aromatic nitrogens is 2. The lowest BCUT2D eigenvalue weighted by atomic mass is 10.2. The fourth-order valence-corrected chi connectivity index (χ4v) is 2.20. The molecule has 0 spiro atoms. The van der Waals surface area contributed by atoms with E-state index in [4.69, 9.17) is 13.9 Å². The van der Waals surface area contributed by atoms with Crippen LogP contribution in [-0.2, 0) is 11.3 Å². The second-order valence-corrected chi connectivity index (χ2v) is 4.99. The molecule has 8 nitrogen and oxygen atoms in total. The van der Waals surface area contributed by atoms with Crippen LogP contribution < -0.4 is 10.1 Å². The zero-order valence-corrected chi connectivity index (χ0v) is 12.8. The predicted octanol–water partition coefficient (Wildman–Crippen LogP) is 1.29. The first-order valence-electron chi connectivity index (χ1n) is 7.33. The highest BCUT2D eigenvalue weighted by Crippen LogP contribution is 2.21. The Morgan fingerprint density at radius 3 is 2.70 bits per heavy atom. The Morgan fingerprint density at radius 2 is 2.00 bits per heavy atom. The predicted molar refractivity (Wildman–Crippen MR) is 80.9 cm³/mol. The second kappa shape index (κ2) is 7.10. The third kappa shape index (κ3) is 3.78. The van der Waals surface area contributed by atoms with Gasteiger partial charge < -0.3 is 24.1 Å². The quantitative estimate of drug-likeness (QED) is 0.913. The minimum atomic E-state index is -0.155. The maximum Gasteiger partial charge on any atom is 0.317 e. The van der Waals surface area contributed by atoms with E-state index in [1.54, 1.807) is 12.0 Å². The van der Waals surface area contributed by atoms with Crippen LogP contribution in [0.25, 0.3) is 11.5 Å². The standard InChI is InChI=1S/C15H18N4O4/c1-21-12-4-2-11(3-5-12)14-18-17-13(23-14)10-16-15(20)19-6-8-22-9-7-19/h2-5H,6-10H2,1H3,(H,16,20). The van der Waals surface area contributed by atoms with Crippen molar-refractivity contribution in [2.75, 3.05) is 33.4 Å². The number of hydrogen-bond donors (Lipinski definition) is 1. The van der Waals surface area contributed by atoms with E-state index in [9.17, 15) is 4.79 Å². The fraction of sp³-hybridized carbons (Fsp3) is 0.400. The van der Waals surface area contributed by atoms with Gasteiger partial charge in [0, 0.05) is 18.7 Å². The second-order valence-electron chi connectivity index (χ2n) is 4.99. The smallest absolute Gasteiger partial charge is 0.317 e. The number of carbonyl (C=O) groups is 1. The van der Waals surface area contributed by atoms with Gasteiger partial charge >= 0.3 is 6.03 Å². The van der Waals surface area contributed by atoms with Crippen LogP contribution in [0.5, 0.6) is 5.75 Å². The third-order valence-corrected chi connectivity index (χ3v) is 3.49. The molecule has 122 valence electrons. The molecule has 23 heavy (non-hydrogen) atoms. The molecule has 0 unspecified atom stereocenters. The van der Waals surface area contributed by atoms with Crippen LogP contribution in [-0.4, -0.2) is 54.5 Å². The molecule has 2 aromatic rings. The molecule has 1 aliphatic rings. The van der Waals surface area contributed by atoms with Crippen molar-refractivity contribution in [1.82, 2.24) is 20.4 Å². The molecule has 1 fully saturated rings. The van der Waals surface area contributed by atoms with E-state index in [1.807, 2.05) is 24.3 Å². The highest BCUT2D eigenvalue weighted by atomic mass is 16.5. The van der Waals surface area contributed by atoms with Gasteiger partial charge in [-0.15, -0.1) is 10.2 Å². The van der Waals surface area contributed by atoms with E-state index >= 15 is 0 Å². The molecule has 2 amide bonds. The van der Waals surface area contributed by atoms with Gasteiger partial charge in [0.25, 0.3) is 0 Å². The summed E-state index contributed by atoms with van der Waals surface area (Å²) in [6, 6.07) is 7.15. The molecule has 1 aliphatic heterocycles. The van der Waals surface area contributed by atoms with E-state index in [-0.39, 0.29) is 12.6 Å². The molecular formula is C15H18N4O4. The molecule has 2 heterocycles. The topological polar surface area (TPSA) is 89.7 Å². The Kier molecular flexibility index (Phi) is 4.72. The van der Waals surface area contributed by atoms with Gasteiger partial charge in [-0.05, 0) is 24.3 Å². The number of benzene rings is 1. The summed E-state index contributed by atoms with van der Waals surface area (Å²) in [7, 11) is 1.61. The first-order valence-corrected chi connectivity index (χ1v) is 7.33. The van der Waals surface area contributed by atoms with Crippen LogP contribution in [0.4, 0.5) is 4.79 Å². The van der Waals surface area contributed by atoms with E-state index < -0.39 is 0 Å². The Bertz CT molecular complexity index is 650. The van der Waals surface area contributed by atoms with Crippen LogP contribution in [0, 0.1) is 0 Å². The lowest BCUT2D eigenvalue weighted by Crippen LogP contribution is -2.45. The number of carbonyl (C=O) groups excluding carboxylic acids is 1. The van der Waals surface area contributed by atoms with E-state index in [1.165, 1.54) is 0 Å². The van der Waals surface area contributed by atoms with E-state index in [2.05, 4.69) is 15.5 Å². The van der Waals surface area contributed by atoms with Crippen molar-refractivity contribution in [2.45, 2.75) is 6.54 Å². The van der Waals surface area contributed by atoms with E-state index in [0.717, 1.165) is 11.3 Å². The molecule has 1 saturated heterocycles. The number of urea groups is 1. The van der Waals surface area contributed by atoms with Crippen molar-refractivity contribution in [2.24, 2.45) is 0 Å². The monoisotopic (exact) mass is 318 g/mol. The van der Waals surface area contributed by atoms with Gasteiger partial charge in [-0.2, -0.15) is 0 Å². The minimum absolute atomic E-state index is 0.155. The van der Waals surface area contributed by atoms with Crippen LogP contribution in [0.2, 0.25) is 0 Å². The molecule has 1 aromatic heterocycles. The van der Waals surface area contributed by atoms with Gasteiger partial charge in [0.05, 0.1) is 26.9 Å². The number of morpholine rings is 1. The molecule has 0 radical (unpaired) electrons. The number of nitrogens with zero attached hydrogens (tertiary/aromatic N) is 3. The molecule has 8 heteroatoms. The number of amides is 2. The molecular weight excluding hydrogens is 300 g/mol. The molecule has 3 rings (SSSR count). The average Bonchev–Trinajstić information content (AvgIpc) is 3.09. The molecule has 1 aromatic carbocycles. The highest BCUT2D eigenvalue weighted by molar-refractivity contribution is 5.74. The maximum absolute atomic E-state index is 12.0. The number of methoxy groups -OCH3 is 1. The van der Waals surface area contributed by atoms with E-state index in [0.29, 0.717) is 38.1 Å². The molecule has 0 saturated carbocycles. The summed E-state index contributed by atoms with van der Waals surface area (Å²) in [5.74, 6) is 1.52. The molecule has 0 atom stereocenters. The van der Waals surface area contributed by atoms with Crippen molar-refractivity contribution in [3.63, 3.8) is 0 Å². The number of ether oxygens (including phenoxy) is 2.